The second-order valence-corrected chi connectivity index (χ2v) is 4.10. The zero-order valence-corrected chi connectivity index (χ0v) is 9.90. The second-order valence-electron chi connectivity index (χ2n) is 4.10. The molecular weight excluding hydrogens is 200 g/mol. The van der Waals surface area contributed by atoms with E-state index in [1.807, 2.05) is 6.07 Å². The van der Waals surface area contributed by atoms with Crippen LogP contribution in [0.5, 0.6) is 11.5 Å². The van der Waals surface area contributed by atoms with Crippen LogP contribution in [0.25, 0.3) is 0 Å². The Bertz CT molecular complexity index is 382. The van der Waals surface area contributed by atoms with Crippen LogP contribution in [0.1, 0.15) is 30.7 Å². The van der Waals surface area contributed by atoms with Crippen molar-refractivity contribution < 1.29 is 9.47 Å². The Morgan fingerprint density at radius 1 is 1.06 bits per heavy atom. The summed E-state index contributed by atoms with van der Waals surface area (Å²) in [6.45, 7) is 0. The maximum absolute atomic E-state index is 5.32. The molecule has 0 radical (unpaired) electrons. The first-order valence-electron chi connectivity index (χ1n) is 5.72. The lowest BCUT2D eigenvalue weighted by Crippen LogP contribution is -2.01. The summed E-state index contributed by atoms with van der Waals surface area (Å²) in [6.07, 6.45) is 8.07. The first kappa shape index (κ1) is 11.1. The van der Waals surface area contributed by atoms with Crippen LogP contribution in [-0.2, 0) is 0 Å². The van der Waals surface area contributed by atoms with Crippen LogP contribution in [0, 0.1) is 0 Å². The van der Waals surface area contributed by atoms with Gasteiger partial charge in [0, 0.05) is 0 Å². The van der Waals surface area contributed by atoms with Crippen LogP contribution in [0.3, 0.4) is 0 Å². The number of rotatable bonds is 3. The van der Waals surface area contributed by atoms with Crippen LogP contribution >= 0.6 is 0 Å². The quantitative estimate of drug-likeness (QED) is 0.722. The van der Waals surface area contributed by atoms with Crippen molar-refractivity contribution in [2.24, 2.45) is 0 Å². The Morgan fingerprint density at radius 2 is 1.88 bits per heavy atom. The van der Waals surface area contributed by atoms with E-state index in [-0.39, 0.29) is 0 Å². The zero-order chi connectivity index (χ0) is 11.4. The van der Waals surface area contributed by atoms with Crippen LogP contribution in [0.15, 0.2) is 30.4 Å². The Balaban J connectivity index is 2.24. The lowest BCUT2D eigenvalue weighted by molar-refractivity contribution is 0.354. The Labute approximate surface area is 96.9 Å². The molecule has 1 unspecified atom stereocenters. The van der Waals surface area contributed by atoms with E-state index in [9.17, 15) is 0 Å². The van der Waals surface area contributed by atoms with Crippen molar-refractivity contribution in [3.8, 4) is 11.5 Å². The van der Waals surface area contributed by atoms with Crippen molar-refractivity contribution in [3.63, 3.8) is 0 Å². The highest BCUT2D eigenvalue weighted by molar-refractivity contribution is 5.44. The number of methoxy groups -OCH3 is 2. The second kappa shape index (κ2) is 5.06. The summed E-state index contributed by atoms with van der Waals surface area (Å²) >= 11 is 0. The highest BCUT2D eigenvalue weighted by atomic mass is 16.5. The van der Waals surface area contributed by atoms with Gasteiger partial charge in [0.15, 0.2) is 11.5 Å². The van der Waals surface area contributed by atoms with E-state index in [0.29, 0.717) is 5.92 Å². The lowest BCUT2D eigenvalue weighted by atomic mass is 9.88. The highest BCUT2D eigenvalue weighted by Crippen LogP contribution is 2.35. The van der Waals surface area contributed by atoms with Gasteiger partial charge in [-0.25, -0.2) is 0 Å². The minimum atomic E-state index is 0.629. The number of ether oxygens (including phenoxy) is 2. The molecule has 0 aromatic heterocycles. The molecule has 0 saturated heterocycles. The molecular formula is C14H18O2. The molecule has 86 valence electrons. The fraction of sp³-hybridized carbons (Fsp3) is 0.429. The van der Waals surface area contributed by atoms with Gasteiger partial charge in [-0.1, -0.05) is 18.2 Å². The number of hydrogen-bond donors (Lipinski definition) is 0. The summed E-state index contributed by atoms with van der Waals surface area (Å²) in [4.78, 5) is 0. The van der Waals surface area contributed by atoms with E-state index in [1.54, 1.807) is 14.2 Å². The molecule has 2 rings (SSSR count). The first-order chi connectivity index (χ1) is 7.85. The Hall–Kier alpha value is -1.44. The van der Waals surface area contributed by atoms with Gasteiger partial charge >= 0.3 is 0 Å². The van der Waals surface area contributed by atoms with Crippen molar-refractivity contribution in [2.75, 3.05) is 14.2 Å². The SMILES string of the molecule is COc1ccc(C2CC=CCC2)cc1OC. The monoisotopic (exact) mass is 218 g/mol. The molecule has 0 amide bonds. The third kappa shape index (κ3) is 2.21. The van der Waals surface area contributed by atoms with E-state index in [0.717, 1.165) is 17.9 Å². The average Bonchev–Trinajstić information content (AvgIpc) is 2.39. The lowest BCUT2D eigenvalue weighted by Gasteiger charge is -2.19. The Morgan fingerprint density at radius 3 is 2.50 bits per heavy atom. The summed E-state index contributed by atoms with van der Waals surface area (Å²) in [6, 6.07) is 6.24. The summed E-state index contributed by atoms with van der Waals surface area (Å²) in [7, 11) is 3.35. The first-order valence-corrected chi connectivity index (χ1v) is 5.72. The third-order valence-corrected chi connectivity index (χ3v) is 3.15. The summed E-state index contributed by atoms with van der Waals surface area (Å²) in [5.74, 6) is 2.26. The smallest absolute Gasteiger partial charge is 0.160 e. The molecule has 1 atom stereocenters. The van der Waals surface area contributed by atoms with Crippen molar-refractivity contribution >= 4 is 0 Å². The molecule has 0 saturated carbocycles. The van der Waals surface area contributed by atoms with Gasteiger partial charge in [0.25, 0.3) is 0 Å². The van der Waals surface area contributed by atoms with Gasteiger partial charge in [0.05, 0.1) is 14.2 Å². The summed E-state index contributed by atoms with van der Waals surface area (Å²) in [5, 5.41) is 0. The Kier molecular flexibility index (Phi) is 3.50. The van der Waals surface area contributed by atoms with Crippen molar-refractivity contribution in [3.05, 3.63) is 35.9 Å². The number of benzene rings is 1. The van der Waals surface area contributed by atoms with Crippen LogP contribution < -0.4 is 9.47 Å². The fourth-order valence-electron chi connectivity index (χ4n) is 2.20. The van der Waals surface area contributed by atoms with Gasteiger partial charge in [-0.05, 0) is 42.9 Å². The summed E-state index contributed by atoms with van der Waals surface area (Å²) in [5.41, 5.74) is 1.35. The topological polar surface area (TPSA) is 18.5 Å². The predicted molar refractivity (Wildman–Crippen MR) is 65.3 cm³/mol. The third-order valence-electron chi connectivity index (χ3n) is 3.15. The molecule has 1 aliphatic rings. The van der Waals surface area contributed by atoms with Crippen molar-refractivity contribution in [1.82, 2.24) is 0 Å². The van der Waals surface area contributed by atoms with E-state index < -0.39 is 0 Å². The zero-order valence-electron chi connectivity index (χ0n) is 9.90. The van der Waals surface area contributed by atoms with Gasteiger partial charge in [-0.2, -0.15) is 0 Å². The molecule has 0 bridgehead atoms. The highest BCUT2D eigenvalue weighted by Gasteiger charge is 2.14. The minimum Gasteiger partial charge on any atom is -0.493 e. The standard InChI is InChI=1S/C14H18O2/c1-15-13-9-8-12(10-14(13)16-2)11-6-4-3-5-7-11/h3-4,8-11H,5-7H2,1-2H3. The molecule has 0 fully saturated rings. The average molecular weight is 218 g/mol. The van der Waals surface area contributed by atoms with Crippen LogP contribution in [-0.4, -0.2) is 14.2 Å². The van der Waals surface area contributed by atoms with Gasteiger partial charge in [0.1, 0.15) is 0 Å². The van der Waals surface area contributed by atoms with Gasteiger partial charge in [-0.15, -0.1) is 0 Å². The largest absolute Gasteiger partial charge is 0.493 e. The normalized spacial score (nSPS) is 19.5. The molecule has 0 spiro atoms. The molecule has 2 nitrogen and oxygen atoms in total. The van der Waals surface area contributed by atoms with Gasteiger partial charge in [-0.3, -0.25) is 0 Å². The van der Waals surface area contributed by atoms with Crippen LogP contribution in [0.2, 0.25) is 0 Å². The van der Waals surface area contributed by atoms with E-state index in [2.05, 4.69) is 24.3 Å². The molecule has 2 heteroatoms. The maximum Gasteiger partial charge on any atom is 0.160 e. The van der Waals surface area contributed by atoms with Gasteiger partial charge < -0.3 is 9.47 Å². The number of hydrogen-bond acceptors (Lipinski definition) is 2. The van der Waals surface area contributed by atoms with Crippen LogP contribution in [0.4, 0.5) is 0 Å². The maximum atomic E-state index is 5.32. The molecule has 0 aliphatic heterocycles. The number of allylic oxidation sites excluding steroid dienone is 2. The van der Waals surface area contributed by atoms with E-state index in [4.69, 9.17) is 9.47 Å². The molecule has 0 N–H and O–H groups in total. The fourth-order valence-corrected chi connectivity index (χ4v) is 2.20. The van der Waals surface area contributed by atoms with Gasteiger partial charge in [0.2, 0.25) is 0 Å². The van der Waals surface area contributed by atoms with E-state index in [1.165, 1.54) is 18.4 Å². The molecule has 1 aliphatic carbocycles. The van der Waals surface area contributed by atoms with Crippen molar-refractivity contribution in [2.45, 2.75) is 25.2 Å². The summed E-state index contributed by atoms with van der Waals surface area (Å²) < 4.78 is 10.6. The molecule has 16 heavy (non-hydrogen) atoms. The predicted octanol–water partition coefficient (Wildman–Crippen LogP) is 3.53. The molecule has 1 aromatic carbocycles. The van der Waals surface area contributed by atoms with E-state index >= 15 is 0 Å². The molecule has 1 aromatic rings. The minimum absolute atomic E-state index is 0.629. The van der Waals surface area contributed by atoms with Crippen molar-refractivity contribution in [1.29, 1.82) is 0 Å². The molecule has 0 heterocycles.